The average Bonchev–Trinajstić information content (AvgIpc) is 3.34. The molecule has 0 bridgehead atoms. The number of sulfonamides is 1. The monoisotopic (exact) mass is 460 g/mol. The molecular weight excluding hydrogens is 432 g/mol. The first kappa shape index (κ1) is 22.5. The lowest BCUT2D eigenvalue weighted by atomic mass is 10.0. The van der Waals surface area contributed by atoms with E-state index in [2.05, 4.69) is 10.9 Å². The Morgan fingerprint density at radius 1 is 0.938 bits per heavy atom. The summed E-state index contributed by atoms with van der Waals surface area (Å²) >= 11 is 0. The molecule has 2 aliphatic heterocycles. The minimum atomic E-state index is -3.61. The summed E-state index contributed by atoms with van der Waals surface area (Å²) in [6.07, 6.45) is 0.587. The first-order valence-electron chi connectivity index (χ1n) is 10.5. The summed E-state index contributed by atoms with van der Waals surface area (Å²) in [7, 11) is -0.447. The lowest BCUT2D eigenvalue weighted by molar-refractivity contribution is -0.134. The van der Waals surface area contributed by atoms with Crippen molar-refractivity contribution in [1.82, 2.24) is 20.1 Å². The predicted octanol–water partition coefficient (Wildman–Crippen LogP) is 1.14. The molecule has 2 heterocycles. The third kappa shape index (κ3) is 4.44. The first-order valence-corrected chi connectivity index (χ1v) is 11.9. The van der Waals surface area contributed by atoms with Gasteiger partial charge in [0.15, 0.2) is 0 Å². The Bertz CT molecular complexity index is 1050. The zero-order valence-corrected chi connectivity index (χ0v) is 19.0. The molecule has 0 spiro atoms. The van der Waals surface area contributed by atoms with Gasteiger partial charge in [0.1, 0.15) is 17.5 Å². The number of para-hydroxylation sites is 1. The Hall–Kier alpha value is -2.66. The molecule has 2 N–H and O–H groups in total. The summed E-state index contributed by atoms with van der Waals surface area (Å²) in [5.74, 6) is 1.34. The van der Waals surface area contributed by atoms with E-state index >= 15 is 0 Å². The molecule has 0 aliphatic carbocycles. The maximum absolute atomic E-state index is 13.0. The zero-order chi connectivity index (χ0) is 22.7. The van der Waals surface area contributed by atoms with Gasteiger partial charge in [0.25, 0.3) is 0 Å². The predicted molar refractivity (Wildman–Crippen MR) is 119 cm³/mol. The van der Waals surface area contributed by atoms with Crippen LogP contribution in [0.3, 0.4) is 0 Å². The molecule has 2 atom stereocenters. The van der Waals surface area contributed by atoms with Crippen LogP contribution in [0.4, 0.5) is 0 Å². The largest absolute Gasteiger partial charge is 0.497 e. The van der Waals surface area contributed by atoms with Gasteiger partial charge in [-0.15, -0.1) is 0 Å². The molecule has 0 radical (unpaired) electrons. The van der Waals surface area contributed by atoms with Crippen LogP contribution in [0, 0.1) is 0 Å². The number of rotatable bonds is 6. The number of benzene rings is 2. The second kappa shape index (κ2) is 9.45. The maximum Gasteiger partial charge on any atom is 0.243 e. The fourth-order valence-corrected chi connectivity index (χ4v) is 5.56. The highest BCUT2D eigenvalue weighted by atomic mass is 32.2. The second-order valence-corrected chi connectivity index (χ2v) is 9.71. The molecule has 172 valence electrons. The van der Waals surface area contributed by atoms with E-state index in [1.807, 2.05) is 24.3 Å². The summed E-state index contributed by atoms with van der Waals surface area (Å²) < 4.78 is 37.8. The Morgan fingerprint density at radius 3 is 2.28 bits per heavy atom. The number of piperazine rings is 1. The Morgan fingerprint density at radius 2 is 1.62 bits per heavy atom. The lowest BCUT2D eigenvalue weighted by Gasteiger charge is -2.35. The van der Waals surface area contributed by atoms with E-state index in [0.717, 1.165) is 11.3 Å². The van der Waals surface area contributed by atoms with Gasteiger partial charge in [-0.2, -0.15) is 4.31 Å². The number of hydrazine groups is 1. The molecule has 9 nitrogen and oxygen atoms in total. The molecule has 2 aromatic rings. The zero-order valence-electron chi connectivity index (χ0n) is 18.2. The van der Waals surface area contributed by atoms with E-state index in [-0.39, 0.29) is 36.0 Å². The molecule has 2 unspecified atom stereocenters. The minimum Gasteiger partial charge on any atom is -0.497 e. The van der Waals surface area contributed by atoms with Crippen LogP contribution in [0.2, 0.25) is 0 Å². The van der Waals surface area contributed by atoms with Crippen molar-refractivity contribution < 1.29 is 22.7 Å². The molecule has 10 heteroatoms. The summed E-state index contributed by atoms with van der Waals surface area (Å²) in [5.41, 5.74) is 7.27. The van der Waals surface area contributed by atoms with Gasteiger partial charge in [0.05, 0.1) is 25.2 Å². The van der Waals surface area contributed by atoms with Gasteiger partial charge < -0.3 is 14.4 Å². The molecule has 4 rings (SSSR count). The van der Waals surface area contributed by atoms with Crippen LogP contribution in [-0.2, 0) is 14.8 Å². The number of hydrogen-bond donors (Lipinski definition) is 2. The van der Waals surface area contributed by atoms with Crippen molar-refractivity contribution in [3.8, 4) is 11.5 Å². The van der Waals surface area contributed by atoms with Crippen LogP contribution in [0.1, 0.15) is 18.0 Å². The highest BCUT2D eigenvalue weighted by Crippen LogP contribution is 2.30. The SMILES string of the molecule is COc1ccc(S(=O)(=O)N2CCN(C(=O)C3CC(c4ccccc4OC)NN3)CC2)cc1. The quantitative estimate of drug-likeness (QED) is 0.667. The Kier molecular flexibility index (Phi) is 6.66. The van der Waals surface area contributed by atoms with Gasteiger partial charge in [-0.05, 0) is 36.8 Å². The normalized spacial score (nSPS) is 22.0. The van der Waals surface area contributed by atoms with E-state index in [1.54, 1.807) is 24.1 Å². The standard InChI is InChI=1S/C22H28N4O5S/c1-30-16-7-9-17(10-8-16)32(28,29)26-13-11-25(12-14-26)22(27)20-15-19(23-24-20)18-5-3-4-6-21(18)31-2/h3-10,19-20,23-24H,11-15H2,1-2H3. The molecule has 0 aromatic heterocycles. The van der Waals surface area contributed by atoms with Crippen LogP contribution in [0.25, 0.3) is 0 Å². The summed E-state index contributed by atoms with van der Waals surface area (Å²) in [5, 5.41) is 0. The van der Waals surface area contributed by atoms with Crippen molar-refractivity contribution >= 4 is 15.9 Å². The van der Waals surface area contributed by atoms with Gasteiger partial charge in [0, 0.05) is 31.7 Å². The molecule has 2 saturated heterocycles. The smallest absolute Gasteiger partial charge is 0.243 e. The number of carbonyl (C=O) groups is 1. The van der Waals surface area contributed by atoms with Crippen LogP contribution >= 0.6 is 0 Å². The lowest BCUT2D eigenvalue weighted by Crippen LogP contribution is -2.54. The molecule has 32 heavy (non-hydrogen) atoms. The maximum atomic E-state index is 13.0. The second-order valence-electron chi connectivity index (χ2n) is 7.78. The van der Waals surface area contributed by atoms with Crippen molar-refractivity contribution in [2.24, 2.45) is 0 Å². The van der Waals surface area contributed by atoms with Gasteiger partial charge in [-0.3, -0.25) is 4.79 Å². The van der Waals surface area contributed by atoms with Crippen molar-refractivity contribution in [2.75, 3.05) is 40.4 Å². The highest BCUT2D eigenvalue weighted by Gasteiger charge is 2.36. The van der Waals surface area contributed by atoms with E-state index in [9.17, 15) is 13.2 Å². The van der Waals surface area contributed by atoms with Gasteiger partial charge >= 0.3 is 0 Å². The number of carbonyl (C=O) groups excluding carboxylic acids is 1. The molecule has 2 aliphatic rings. The highest BCUT2D eigenvalue weighted by molar-refractivity contribution is 7.89. The van der Waals surface area contributed by atoms with Crippen LogP contribution in [0.5, 0.6) is 11.5 Å². The van der Waals surface area contributed by atoms with Crippen molar-refractivity contribution in [3.05, 3.63) is 54.1 Å². The van der Waals surface area contributed by atoms with Gasteiger partial charge in [0.2, 0.25) is 15.9 Å². The van der Waals surface area contributed by atoms with Crippen molar-refractivity contribution in [2.45, 2.75) is 23.4 Å². The number of amides is 1. The van der Waals surface area contributed by atoms with Crippen molar-refractivity contribution in [3.63, 3.8) is 0 Å². The number of methoxy groups -OCH3 is 2. The van der Waals surface area contributed by atoms with E-state index < -0.39 is 10.0 Å². The van der Waals surface area contributed by atoms with E-state index in [4.69, 9.17) is 9.47 Å². The fraction of sp³-hybridized carbons (Fsp3) is 0.409. The van der Waals surface area contributed by atoms with Crippen LogP contribution in [0.15, 0.2) is 53.4 Å². The van der Waals surface area contributed by atoms with Gasteiger partial charge in [-0.25, -0.2) is 19.3 Å². The summed E-state index contributed by atoms with van der Waals surface area (Å²) in [6, 6.07) is 13.6. The Balaban J connectivity index is 1.35. The molecule has 0 saturated carbocycles. The minimum absolute atomic E-state index is 0.0311. The molecule has 1 amide bonds. The van der Waals surface area contributed by atoms with E-state index in [1.165, 1.54) is 23.5 Å². The summed E-state index contributed by atoms with van der Waals surface area (Å²) in [6.45, 7) is 1.23. The molecule has 2 fully saturated rings. The third-order valence-corrected chi connectivity index (χ3v) is 7.88. The topological polar surface area (TPSA) is 100 Å². The molecule has 2 aromatic carbocycles. The third-order valence-electron chi connectivity index (χ3n) is 5.96. The average molecular weight is 461 g/mol. The number of nitrogens with zero attached hydrogens (tertiary/aromatic N) is 2. The van der Waals surface area contributed by atoms with Crippen LogP contribution in [-0.4, -0.2) is 70.0 Å². The molecular formula is C22H28N4O5S. The number of ether oxygens (including phenoxy) is 2. The summed E-state index contributed by atoms with van der Waals surface area (Å²) in [4.78, 5) is 15.0. The fourth-order valence-electron chi connectivity index (χ4n) is 4.14. The Labute approximate surface area is 188 Å². The number of hydrogen-bond acceptors (Lipinski definition) is 7. The van der Waals surface area contributed by atoms with E-state index in [0.29, 0.717) is 25.3 Å². The first-order chi connectivity index (χ1) is 15.4. The number of nitrogens with one attached hydrogen (secondary N) is 2. The van der Waals surface area contributed by atoms with Gasteiger partial charge in [-0.1, -0.05) is 18.2 Å². The van der Waals surface area contributed by atoms with Crippen LogP contribution < -0.4 is 20.3 Å². The van der Waals surface area contributed by atoms with Crippen molar-refractivity contribution in [1.29, 1.82) is 0 Å².